The van der Waals surface area contributed by atoms with Crippen molar-refractivity contribution >= 4 is 11.6 Å². The average molecular weight is 349 g/mol. The normalized spacial score (nSPS) is 10.5. The molecule has 132 valence electrons. The van der Waals surface area contributed by atoms with Crippen LogP contribution in [0.2, 0.25) is 0 Å². The summed E-state index contributed by atoms with van der Waals surface area (Å²) < 4.78 is 0. The molecule has 7 heteroatoms. The number of aromatic amines is 1. The summed E-state index contributed by atoms with van der Waals surface area (Å²) in [6.07, 6.45) is 4.03. The summed E-state index contributed by atoms with van der Waals surface area (Å²) in [6.45, 7) is 3.76. The fourth-order valence-electron chi connectivity index (χ4n) is 2.54. The van der Waals surface area contributed by atoms with Crippen LogP contribution in [0, 0.1) is 6.92 Å². The molecule has 0 fully saturated rings. The van der Waals surface area contributed by atoms with Crippen LogP contribution in [0.15, 0.2) is 47.5 Å². The number of anilines is 1. The minimum Gasteiger partial charge on any atom is -0.326 e. The molecule has 0 spiro atoms. The molecular formula is C19H19N5O2. The Bertz CT molecular complexity index is 965. The number of hydrogen-bond acceptors (Lipinski definition) is 5. The van der Waals surface area contributed by atoms with Crippen molar-refractivity contribution < 1.29 is 4.79 Å². The molecule has 0 unspecified atom stereocenters. The minimum absolute atomic E-state index is 0.0559. The predicted octanol–water partition coefficient (Wildman–Crippen LogP) is 2.28. The Morgan fingerprint density at radius 2 is 1.85 bits per heavy atom. The molecule has 0 atom stereocenters. The lowest BCUT2D eigenvalue weighted by molar-refractivity contribution is -0.115. The molecule has 0 aliphatic heterocycles. The van der Waals surface area contributed by atoms with E-state index in [1.807, 2.05) is 24.3 Å². The summed E-state index contributed by atoms with van der Waals surface area (Å²) in [5, 5.41) is 2.80. The molecule has 0 saturated heterocycles. The van der Waals surface area contributed by atoms with E-state index in [1.54, 1.807) is 25.4 Å². The summed E-state index contributed by atoms with van der Waals surface area (Å²) in [6, 6.07) is 9.30. The van der Waals surface area contributed by atoms with Crippen LogP contribution >= 0.6 is 0 Å². The second-order valence-corrected chi connectivity index (χ2v) is 5.83. The quantitative estimate of drug-likeness (QED) is 0.736. The number of benzene rings is 1. The topological polar surface area (TPSA) is 101 Å². The Labute approximate surface area is 150 Å². The maximum Gasteiger partial charge on any atom is 0.255 e. The van der Waals surface area contributed by atoms with Crippen molar-refractivity contribution in [2.45, 2.75) is 26.7 Å². The molecule has 1 amide bonds. The standard InChI is InChI=1S/C19H19N5O2/c1-3-13-5-7-14(8-6-13)23-16(25)11-15-12(2)22-18(24-19(15)26)17-20-9-4-10-21-17/h4-10H,3,11H2,1-2H3,(H,23,25)(H,22,24,26). The van der Waals surface area contributed by atoms with Gasteiger partial charge in [0.25, 0.3) is 5.56 Å². The SMILES string of the molecule is CCc1ccc(NC(=O)Cc2c(C)nc(-c3ncccn3)[nH]c2=O)cc1. The number of aromatic nitrogens is 4. The van der Waals surface area contributed by atoms with Crippen molar-refractivity contribution in [3.63, 3.8) is 0 Å². The minimum atomic E-state index is -0.364. The molecule has 2 aromatic heterocycles. The molecule has 0 radical (unpaired) electrons. The van der Waals surface area contributed by atoms with E-state index in [-0.39, 0.29) is 23.7 Å². The highest BCUT2D eigenvalue weighted by atomic mass is 16.2. The molecule has 3 aromatic rings. The largest absolute Gasteiger partial charge is 0.326 e. The smallest absolute Gasteiger partial charge is 0.255 e. The van der Waals surface area contributed by atoms with E-state index < -0.39 is 0 Å². The van der Waals surface area contributed by atoms with E-state index in [0.717, 1.165) is 6.42 Å². The molecule has 3 rings (SSSR count). The van der Waals surface area contributed by atoms with Gasteiger partial charge in [-0.05, 0) is 37.1 Å². The molecular weight excluding hydrogens is 330 g/mol. The van der Waals surface area contributed by atoms with Gasteiger partial charge in [-0.2, -0.15) is 0 Å². The van der Waals surface area contributed by atoms with Crippen molar-refractivity contribution in [1.29, 1.82) is 0 Å². The zero-order chi connectivity index (χ0) is 18.5. The van der Waals surface area contributed by atoms with Crippen LogP contribution in [0.1, 0.15) is 23.7 Å². The fraction of sp³-hybridized carbons (Fsp3) is 0.211. The maximum atomic E-state index is 12.4. The van der Waals surface area contributed by atoms with Crippen LogP contribution in [0.5, 0.6) is 0 Å². The molecule has 0 aliphatic carbocycles. The summed E-state index contributed by atoms with van der Waals surface area (Å²) >= 11 is 0. The third kappa shape index (κ3) is 4.00. The van der Waals surface area contributed by atoms with Gasteiger partial charge < -0.3 is 10.3 Å². The molecule has 0 bridgehead atoms. The number of aryl methyl sites for hydroxylation is 2. The van der Waals surface area contributed by atoms with Crippen LogP contribution in [0.3, 0.4) is 0 Å². The van der Waals surface area contributed by atoms with Gasteiger partial charge in [0.05, 0.1) is 6.42 Å². The van der Waals surface area contributed by atoms with Gasteiger partial charge in [0.1, 0.15) is 0 Å². The van der Waals surface area contributed by atoms with Gasteiger partial charge in [-0.1, -0.05) is 19.1 Å². The van der Waals surface area contributed by atoms with Crippen molar-refractivity contribution in [2.75, 3.05) is 5.32 Å². The van der Waals surface area contributed by atoms with Crippen LogP contribution in [0.25, 0.3) is 11.6 Å². The molecule has 0 aliphatic rings. The van der Waals surface area contributed by atoms with Gasteiger partial charge in [-0.3, -0.25) is 9.59 Å². The monoisotopic (exact) mass is 349 g/mol. The van der Waals surface area contributed by atoms with Gasteiger partial charge in [0.15, 0.2) is 11.6 Å². The number of nitrogens with one attached hydrogen (secondary N) is 2. The highest BCUT2D eigenvalue weighted by Crippen LogP contribution is 2.12. The predicted molar refractivity (Wildman–Crippen MR) is 98.8 cm³/mol. The Hall–Kier alpha value is -3.35. The average Bonchev–Trinajstić information content (AvgIpc) is 2.66. The van der Waals surface area contributed by atoms with Crippen LogP contribution < -0.4 is 10.9 Å². The Morgan fingerprint density at radius 1 is 1.15 bits per heavy atom. The number of nitrogens with zero attached hydrogens (tertiary/aromatic N) is 3. The number of H-pyrrole nitrogens is 1. The van der Waals surface area contributed by atoms with E-state index in [4.69, 9.17) is 0 Å². The van der Waals surface area contributed by atoms with Gasteiger partial charge in [-0.25, -0.2) is 15.0 Å². The number of carbonyl (C=O) groups excluding carboxylic acids is 1. The Morgan fingerprint density at radius 3 is 2.46 bits per heavy atom. The van der Waals surface area contributed by atoms with E-state index in [1.165, 1.54) is 5.56 Å². The maximum absolute atomic E-state index is 12.4. The molecule has 26 heavy (non-hydrogen) atoms. The van der Waals surface area contributed by atoms with Crippen LogP contribution in [-0.4, -0.2) is 25.8 Å². The van der Waals surface area contributed by atoms with Gasteiger partial charge in [0.2, 0.25) is 5.91 Å². The molecule has 0 saturated carbocycles. The van der Waals surface area contributed by atoms with Crippen molar-refractivity contribution in [2.24, 2.45) is 0 Å². The van der Waals surface area contributed by atoms with E-state index in [2.05, 4.69) is 32.2 Å². The van der Waals surface area contributed by atoms with Crippen molar-refractivity contribution in [3.05, 3.63) is 69.9 Å². The first-order valence-electron chi connectivity index (χ1n) is 8.32. The van der Waals surface area contributed by atoms with E-state index >= 15 is 0 Å². The van der Waals surface area contributed by atoms with E-state index in [0.29, 0.717) is 22.8 Å². The first-order chi connectivity index (χ1) is 12.6. The summed E-state index contributed by atoms with van der Waals surface area (Å²) in [5.41, 5.74) is 2.33. The highest BCUT2D eigenvalue weighted by Gasteiger charge is 2.14. The number of carbonyl (C=O) groups is 1. The van der Waals surface area contributed by atoms with E-state index in [9.17, 15) is 9.59 Å². The second-order valence-electron chi connectivity index (χ2n) is 5.83. The summed E-state index contributed by atoms with van der Waals surface area (Å²) in [7, 11) is 0. The Kier molecular flexibility index (Phi) is 5.17. The molecule has 2 N–H and O–H groups in total. The third-order valence-corrected chi connectivity index (χ3v) is 3.98. The van der Waals surface area contributed by atoms with Crippen LogP contribution in [0.4, 0.5) is 5.69 Å². The molecule has 2 heterocycles. The zero-order valence-electron chi connectivity index (χ0n) is 14.6. The number of hydrogen-bond donors (Lipinski definition) is 2. The van der Waals surface area contributed by atoms with Gasteiger partial charge >= 0.3 is 0 Å². The first-order valence-corrected chi connectivity index (χ1v) is 8.32. The van der Waals surface area contributed by atoms with Crippen molar-refractivity contribution in [3.8, 4) is 11.6 Å². The number of rotatable bonds is 5. The molecule has 1 aromatic carbocycles. The summed E-state index contributed by atoms with van der Waals surface area (Å²) in [5.74, 6) is 0.348. The third-order valence-electron chi connectivity index (χ3n) is 3.98. The summed E-state index contributed by atoms with van der Waals surface area (Å²) in [4.78, 5) is 39.8. The lowest BCUT2D eigenvalue weighted by Crippen LogP contribution is -2.24. The molecule has 7 nitrogen and oxygen atoms in total. The zero-order valence-corrected chi connectivity index (χ0v) is 14.6. The van der Waals surface area contributed by atoms with Gasteiger partial charge in [-0.15, -0.1) is 0 Å². The lowest BCUT2D eigenvalue weighted by atomic mass is 10.1. The van der Waals surface area contributed by atoms with Crippen LogP contribution in [-0.2, 0) is 17.6 Å². The lowest BCUT2D eigenvalue weighted by Gasteiger charge is -2.08. The Balaban J connectivity index is 1.76. The first kappa shape index (κ1) is 17.5. The van der Waals surface area contributed by atoms with Gasteiger partial charge in [0, 0.05) is 29.3 Å². The van der Waals surface area contributed by atoms with Crippen molar-refractivity contribution in [1.82, 2.24) is 19.9 Å². The highest BCUT2D eigenvalue weighted by molar-refractivity contribution is 5.92. The second kappa shape index (κ2) is 7.69. The fourth-order valence-corrected chi connectivity index (χ4v) is 2.54. The number of amides is 1.